The second-order valence-electron chi connectivity index (χ2n) is 5.30. The average Bonchev–Trinajstić information content (AvgIpc) is 2.11. The lowest BCUT2D eigenvalue weighted by Gasteiger charge is -2.38. The summed E-state index contributed by atoms with van der Waals surface area (Å²) in [6.45, 7) is 8.07. The lowest BCUT2D eigenvalue weighted by Crippen LogP contribution is -2.40. The first-order chi connectivity index (χ1) is 7.02. The van der Waals surface area contributed by atoms with E-state index in [0.717, 1.165) is 13.1 Å². The van der Waals surface area contributed by atoms with Crippen LogP contribution in [0.5, 0.6) is 0 Å². The fourth-order valence-electron chi connectivity index (χ4n) is 1.83. The molecule has 0 aromatic carbocycles. The van der Waals surface area contributed by atoms with Gasteiger partial charge >= 0.3 is 0 Å². The summed E-state index contributed by atoms with van der Waals surface area (Å²) in [5, 5.41) is 6.26. The maximum atomic E-state index is 11.5. The molecule has 1 fully saturated rings. The van der Waals surface area contributed by atoms with E-state index in [9.17, 15) is 4.79 Å². The van der Waals surface area contributed by atoms with Crippen LogP contribution in [0.25, 0.3) is 0 Å². The summed E-state index contributed by atoms with van der Waals surface area (Å²) in [5.74, 6) is 0.177. The Hall–Kier alpha value is -0.570. The molecule has 1 amide bonds. The van der Waals surface area contributed by atoms with Gasteiger partial charge in [-0.15, -0.1) is 0 Å². The third kappa shape index (κ3) is 4.65. The summed E-state index contributed by atoms with van der Waals surface area (Å²) in [5.41, 5.74) is 0.390. The summed E-state index contributed by atoms with van der Waals surface area (Å²) in [6, 6.07) is 0.460. The molecule has 0 atom stereocenters. The molecule has 0 bridgehead atoms. The molecule has 0 unspecified atom stereocenters. The van der Waals surface area contributed by atoms with E-state index in [1.54, 1.807) is 0 Å². The molecule has 1 saturated carbocycles. The molecule has 3 nitrogen and oxygen atoms in total. The van der Waals surface area contributed by atoms with E-state index in [0.29, 0.717) is 17.9 Å². The van der Waals surface area contributed by atoms with Gasteiger partial charge in [-0.25, -0.2) is 0 Å². The van der Waals surface area contributed by atoms with Crippen molar-refractivity contribution in [2.45, 2.75) is 52.5 Å². The first kappa shape index (κ1) is 12.5. The SMILES string of the molecule is CC(C)NCCC(=O)NCC1(C)CCC1. The monoisotopic (exact) mass is 212 g/mol. The van der Waals surface area contributed by atoms with Crippen LogP contribution in [0.3, 0.4) is 0 Å². The van der Waals surface area contributed by atoms with Gasteiger partial charge < -0.3 is 10.6 Å². The third-order valence-corrected chi connectivity index (χ3v) is 3.18. The predicted octanol–water partition coefficient (Wildman–Crippen LogP) is 1.68. The van der Waals surface area contributed by atoms with Gasteiger partial charge in [-0.05, 0) is 18.3 Å². The maximum absolute atomic E-state index is 11.5. The number of hydrogen-bond donors (Lipinski definition) is 2. The van der Waals surface area contributed by atoms with Crippen molar-refractivity contribution in [1.29, 1.82) is 0 Å². The van der Waals surface area contributed by atoms with E-state index < -0.39 is 0 Å². The number of hydrogen-bond acceptors (Lipinski definition) is 2. The van der Waals surface area contributed by atoms with Crippen molar-refractivity contribution in [3.63, 3.8) is 0 Å². The molecule has 3 heteroatoms. The highest BCUT2D eigenvalue weighted by molar-refractivity contribution is 5.76. The van der Waals surface area contributed by atoms with Crippen molar-refractivity contribution in [2.24, 2.45) is 5.41 Å². The summed E-state index contributed by atoms with van der Waals surface area (Å²) < 4.78 is 0. The molecule has 0 aromatic rings. The zero-order valence-corrected chi connectivity index (χ0v) is 10.2. The highest BCUT2D eigenvalue weighted by Gasteiger charge is 2.31. The van der Waals surface area contributed by atoms with Gasteiger partial charge in [-0.2, -0.15) is 0 Å². The Kier molecular flexibility index (Phi) is 4.58. The summed E-state index contributed by atoms with van der Waals surface area (Å²) in [6.07, 6.45) is 4.44. The minimum atomic E-state index is 0.177. The van der Waals surface area contributed by atoms with E-state index in [1.165, 1.54) is 19.3 Å². The predicted molar refractivity (Wildman–Crippen MR) is 62.7 cm³/mol. The van der Waals surface area contributed by atoms with Crippen molar-refractivity contribution in [1.82, 2.24) is 10.6 Å². The topological polar surface area (TPSA) is 41.1 Å². The Morgan fingerprint density at radius 2 is 2.07 bits per heavy atom. The highest BCUT2D eigenvalue weighted by atomic mass is 16.1. The summed E-state index contributed by atoms with van der Waals surface area (Å²) in [4.78, 5) is 11.5. The Labute approximate surface area is 93.0 Å². The fraction of sp³-hybridized carbons (Fsp3) is 0.917. The van der Waals surface area contributed by atoms with E-state index in [2.05, 4.69) is 31.4 Å². The van der Waals surface area contributed by atoms with Crippen LogP contribution in [0.15, 0.2) is 0 Å². The van der Waals surface area contributed by atoms with Crippen LogP contribution < -0.4 is 10.6 Å². The molecule has 2 N–H and O–H groups in total. The molecule has 0 aromatic heterocycles. The van der Waals surface area contributed by atoms with Crippen molar-refractivity contribution in [3.8, 4) is 0 Å². The highest BCUT2D eigenvalue weighted by Crippen LogP contribution is 2.39. The van der Waals surface area contributed by atoms with Crippen molar-refractivity contribution < 1.29 is 4.79 Å². The van der Waals surface area contributed by atoms with Crippen LogP contribution in [-0.4, -0.2) is 25.0 Å². The zero-order valence-electron chi connectivity index (χ0n) is 10.2. The van der Waals surface area contributed by atoms with Crippen LogP contribution >= 0.6 is 0 Å². The molecular formula is C12H24N2O. The third-order valence-electron chi connectivity index (χ3n) is 3.18. The van der Waals surface area contributed by atoms with Crippen LogP contribution in [-0.2, 0) is 4.79 Å². The fourth-order valence-corrected chi connectivity index (χ4v) is 1.83. The van der Waals surface area contributed by atoms with Gasteiger partial charge in [0.25, 0.3) is 0 Å². The minimum Gasteiger partial charge on any atom is -0.356 e. The van der Waals surface area contributed by atoms with Gasteiger partial charge in [0, 0.05) is 25.6 Å². The number of carbonyl (C=O) groups is 1. The second kappa shape index (κ2) is 5.50. The lowest BCUT2D eigenvalue weighted by molar-refractivity contribution is -0.121. The Balaban J connectivity index is 2.03. The van der Waals surface area contributed by atoms with Crippen LogP contribution in [0, 0.1) is 5.41 Å². The smallest absolute Gasteiger partial charge is 0.221 e. The zero-order chi connectivity index (χ0) is 11.3. The van der Waals surface area contributed by atoms with Crippen molar-refractivity contribution in [2.75, 3.05) is 13.1 Å². The van der Waals surface area contributed by atoms with Gasteiger partial charge in [-0.3, -0.25) is 4.79 Å². The maximum Gasteiger partial charge on any atom is 0.221 e. The summed E-state index contributed by atoms with van der Waals surface area (Å²) in [7, 11) is 0. The van der Waals surface area contributed by atoms with Crippen LogP contribution in [0.2, 0.25) is 0 Å². The van der Waals surface area contributed by atoms with E-state index in [-0.39, 0.29) is 5.91 Å². The Morgan fingerprint density at radius 3 is 2.53 bits per heavy atom. The largest absolute Gasteiger partial charge is 0.356 e. The average molecular weight is 212 g/mol. The normalized spacial score (nSPS) is 18.7. The summed E-state index contributed by atoms with van der Waals surface area (Å²) >= 11 is 0. The first-order valence-corrected chi connectivity index (χ1v) is 6.02. The lowest BCUT2D eigenvalue weighted by atomic mass is 9.70. The molecule has 0 saturated heterocycles. The van der Waals surface area contributed by atoms with Crippen molar-refractivity contribution >= 4 is 5.91 Å². The van der Waals surface area contributed by atoms with Gasteiger partial charge in [0.1, 0.15) is 0 Å². The molecule has 15 heavy (non-hydrogen) atoms. The molecule has 0 heterocycles. The van der Waals surface area contributed by atoms with Crippen LogP contribution in [0.1, 0.15) is 46.5 Å². The van der Waals surface area contributed by atoms with E-state index in [4.69, 9.17) is 0 Å². The molecule has 1 rings (SSSR count). The van der Waals surface area contributed by atoms with Gasteiger partial charge in [0.05, 0.1) is 0 Å². The van der Waals surface area contributed by atoms with Gasteiger partial charge in [0.15, 0.2) is 0 Å². The van der Waals surface area contributed by atoms with E-state index in [1.807, 2.05) is 0 Å². The first-order valence-electron chi connectivity index (χ1n) is 6.02. The quantitative estimate of drug-likeness (QED) is 0.703. The molecule has 0 spiro atoms. The molecule has 0 radical (unpaired) electrons. The number of amides is 1. The van der Waals surface area contributed by atoms with Crippen molar-refractivity contribution in [3.05, 3.63) is 0 Å². The standard InChI is InChI=1S/C12H24N2O/c1-10(2)13-8-5-11(15)14-9-12(3)6-4-7-12/h10,13H,4-9H2,1-3H3,(H,14,15). The molecule has 0 aliphatic heterocycles. The van der Waals surface area contributed by atoms with E-state index >= 15 is 0 Å². The number of rotatable bonds is 6. The molecule has 1 aliphatic rings. The molecular weight excluding hydrogens is 188 g/mol. The second-order valence-corrected chi connectivity index (χ2v) is 5.30. The van der Waals surface area contributed by atoms with Gasteiger partial charge in [-0.1, -0.05) is 27.2 Å². The number of nitrogens with one attached hydrogen (secondary N) is 2. The van der Waals surface area contributed by atoms with Gasteiger partial charge in [0.2, 0.25) is 5.91 Å². The molecule has 1 aliphatic carbocycles. The van der Waals surface area contributed by atoms with Crippen LogP contribution in [0.4, 0.5) is 0 Å². The molecule has 88 valence electrons. The Bertz CT molecular complexity index is 210. The number of carbonyl (C=O) groups excluding carboxylic acids is 1. The Morgan fingerprint density at radius 1 is 1.40 bits per heavy atom. The minimum absolute atomic E-state index is 0.177.